The first-order valence-corrected chi connectivity index (χ1v) is 11.0. The van der Waals surface area contributed by atoms with Crippen LogP contribution < -0.4 is 10.6 Å². The fraction of sp³-hybridized carbons (Fsp3) is 0.360. The average molecular weight is 417 g/mol. The predicted molar refractivity (Wildman–Crippen MR) is 120 cm³/mol. The number of aliphatic hydroxyl groups is 1. The van der Waals surface area contributed by atoms with Crippen molar-refractivity contribution in [2.45, 2.75) is 31.9 Å². The van der Waals surface area contributed by atoms with E-state index < -0.39 is 6.10 Å². The zero-order valence-corrected chi connectivity index (χ0v) is 17.7. The van der Waals surface area contributed by atoms with Crippen molar-refractivity contribution in [3.63, 3.8) is 0 Å². The molecule has 3 aromatic rings. The Morgan fingerprint density at radius 2 is 1.77 bits per heavy atom. The largest absolute Gasteiger partial charge is 0.391 e. The van der Waals surface area contributed by atoms with Crippen LogP contribution in [0.3, 0.4) is 0 Å². The molecule has 0 radical (unpaired) electrons. The second-order valence-electron chi connectivity index (χ2n) is 8.83. The molecule has 1 aliphatic heterocycles. The fourth-order valence-corrected chi connectivity index (χ4v) is 4.88. The van der Waals surface area contributed by atoms with Crippen molar-refractivity contribution < 1.29 is 9.90 Å². The second kappa shape index (κ2) is 8.29. The molecule has 3 N–H and O–H groups in total. The smallest absolute Gasteiger partial charge is 0.255 e. The molecule has 2 aromatic carbocycles. The van der Waals surface area contributed by atoms with Gasteiger partial charge in [-0.2, -0.15) is 5.10 Å². The normalized spacial score (nSPS) is 25.2. The third-order valence-electron chi connectivity index (χ3n) is 6.67. The number of rotatable bonds is 4. The molecular formula is C25H28N4O2. The number of nitrogens with one attached hydrogen (secondary N) is 2. The lowest BCUT2D eigenvalue weighted by Gasteiger charge is -2.35. The van der Waals surface area contributed by atoms with Crippen LogP contribution in [-0.2, 0) is 0 Å². The van der Waals surface area contributed by atoms with Gasteiger partial charge in [-0.1, -0.05) is 48.0 Å². The third-order valence-corrected chi connectivity index (χ3v) is 6.67. The molecule has 31 heavy (non-hydrogen) atoms. The van der Waals surface area contributed by atoms with E-state index in [-0.39, 0.29) is 11.9 Å². The molecule has 4 atom stereocenters. The lowest BCUT2D eigenvalue weighted by atomic mass is 9.77. The molecule has 1 amide bonds. The number of aryl methyl sites for hydroxylation is 1. The molecule has 1 aliphatic carbocycles. The van der Waals surface area contributed by atoms with Crippen LogP contribution in [-0.4, -0.2) is 46.0 Å². The molecule has 0 spiro atoms. The fourth-order valence-electron chi connectivity index (χ4n) is 4.88. The van der Waals surface area contributed by atoms with Crippen molar-refractivity contribution in [3.8, 4) is 16.9 Å². The van der Waals surface area contributed by atoms with Crippen molar-refractivity contribution in [2.75, 3.05) is 13.1 Å². The van der Waals surface area contributed by atoms with Crippen LogP contribution in [0.4, 0.5) is 0 Å². The van der Waals surface area contributed by atoms with E-state index in [1.807, 2.05) is 61.5 Å². The van der Waals surface area contributed by atoms with Crippen LogP contribution in [0, 0.1) is 18.8 Å². The summed E-state index contributed by atoms with van der Waals surface area (Å²) in [5.41, 5.74) is 4.11. The van der Waals surface area contributed by atoms with E-state index >= 15 is 0 Å². The Kier molecular flexibility index (Phi) is 5.34. The van der Waals surface area contributed by atoms with Gasteiger partial charge in [-0.15, -0.1) is 0 Å². The SMILES string of the molecule is Cc1ccc(-c2nn(-c3ccccc3)cc2C(=O)N[C@H]2C[C@H]3CNC[C@H]3C[C@@H]2O)cc1. The number of para-hydroxylation sites is 1. The first-order chi connectivity index (χ1) is 15.1. The number of fused-ring (bicyclic) bond motifs is 1. The molecule has 2 fully saturated rings. The highest BCUT2D eigenvalue weighted by atomic mass is 16.3. The van der Waals surface area contributed by atoms with Crippen LogP contribution in [0.1, 0.15) is 28.8 Å². The number of nitrogens with zero attached hydrogens (tertiary/aromatic N) is 2. The molecule has 6 nitrogen and oxygen atoms in total. The van der Waals surface area contributed by atoms with Gasteiger partial charge >= 0.3 is 0 Å². The summed E-state index contributed by atoms with van der Waals surface area (Å²) in [6.07, 6.45) is 2.81. The second-order valence-corrected chi connectivity index (χ2v) is 8.83. The minimum absolute atomic E-state index is 0.189. The molecule has 6 heteroatoms. The van der Waals surface area contributed by atoms with E-state index in [0.717, 1.165) is 42.7 Å². The Balaban J connectivity index is 1.46. The molecule has 1 saturated heterocycles. The first-order valence-electron chi connectivity index (χ1n) is 11.0. The molecule has 2 heterocycles. The van der Waals surface area contributed by atoms with Gasteiger partial charge < -0.3 is 15.7 Å². The highest BCUT2D eigenvalue weighted by molar-refractivity contribution is 6.00. The summed E-state index contributed by atoms with van der Waals surface area (Å²) < 4.78 is 1.75. The third kappa shape index (κ3) is 4.01. The van der Waals surface area contributed by atoms with Gasteiger partial charge in [0.15, 0.2) is 0 Å². The number of benzene rings is 2. The Morgan fingerprint density at radius 3 is 2.52 bits per heavy atom. The molecule has 2 aliphatic rings. The number of hydrogen-bond donors (Lipinski definition) is 3. The van der Waals surface area contributed by atoms with Crippen molar-refractivity contribution >= 4 is 5.91 Å². The van der Waals surface area contributed by atoms with Gasteiger partial charge in [-0.25, -0.2) is 4.68 Å². The summed E-state index contributed by atoms with van der Waals surface area (Å²) in [5.74, 6) is 0.829. The highest BCUT2D eigenvalue weighted by Crippen LogP contribution is 2.33. The molecule has 1 aromatic heterocycles. The van der Waals surface area contributed by atoms with Crippen LogP contribution in [0.25, 0.3) is 16.9 Å². The Hall–Kier alpha value is -2.96. The maximum Gasteiger partial charge on any atom is 0.255 e. The topological polar surface area (TPSA) is 79.2 Å². The summed E-state index contributed by atoms with van der Waals surface area (Å²) in [5, 5.41) is 21.9. The summed E-state index contributed by atoms with van der Waals surface area (Å²) >= 11 is 0. The Labute approximate surface area is 182 Å². The highest BCUT2D eigenvalue weighted by Gasteiger charge is 2.39. The Morgan fingerprint density at radius 1 is 1.06 bits per heavy atom. The number of aromatic nitrogens is 2. The summed E-state index contributed by atoms with van der Waals surface area (Å²) in [6, 6.07) is 17.6. The number of amides is 1. The van der Waals surface area contributed by atoms with Gasteiger partial charge in [-0.05, 0) is 56.8 Å². The van der Waals surface area contributed by atoms with Gasteiger partial charge in [0.2, 0.25) is 0 Å². The van der Waals surface area contributed by atoms with E-state index in [1.165, 1.54) is 0 Å². The molecule has 160 valence electrons. The van der Waals surface area contributed by atoms with Crippen molar-refractivity contribution in [1.82, 2.24) is 20.4 Å². The zero-order valence-electron chi connectivity index (χ0n) is 17.7. The van der Waals surface area contributed by atoms with E-state index in [0.29, 0.717) is 23.1 Å². The standard InChI is InChI=1S/C25H28N4O2/c1-16-7-9-17(10-8-16)24-21(15-29(28-24)20-5-3-2-4-6-20)25(31)27-22-11-18-13-26-14-19(18)12-23(22)30/h2-10,15,18-19,22-23,26,30H,11-14H2,1H3,(H,27,31)/t18-,19+,22-,23-/m0/s1. The van der Waals surface area contributed by atoms with E-state index in [4.69, 9.17) is 5.10 Å². The van der Waals surface area contributed by atoms with E-state index in [2.05, 4.69) is 10.6 Å². The molecule has 5 rings (SSSR count). The minimum Gasteiger partial charge on any atom is -0.391 e. The summed E-state index contributed by atoms with van der Waals surface area (Å²) in [7, 11) is 0. The van der Waals surface area contributed by atoms with Crippen molar-refractivity contribution in [3.05, 3.63) is 71.9 Å². The van der Waals surface area contributed by atoms with Gasteiger partial charge in [0, 0.05) is 11.8 Å². The average Bonchev–Trinajstić information content (AvgIpc) is 3.42. The van der Waals surface area contributed by atoms with Crippen LogP contribution >= 0.6 is 0 Å². The van der Waals surface area contributed by atoms with E-state index in [9.17, 15) is 9.90 Å². The van der Waals surface area contributed by atoms with Crippen LogP contribution in [0.5, 0.6) is 0 Å². The summed E-state index contributed by atoms with van der Waals surface area (Å²) in [4.78, 5) is 13.4. The van der Waals surface area contributed by atoms with Gasteiger partial charge in [0.1, 0.15) is 5.69 Å². The maximum atomic E-state index is 13.4. The number of hydrogen-bond acceptors (Lipinski definition) is 4. The van der Waals surface area contributed by atoms with Crippen molar-refractivity contribution in [2.24, 2.45) is 11.8 Å². The van der Waals surface area contributed by atoms with Gasteiger partial charge in [0.25, 0.3) is 5.91 Å². The molecule has 1 saturated carbocycles. The van der Waals surface area contributed by atoms with Crippen LogP contribution in [0.15, 0.2) is 60.8 Å². The monoisotopic (exact) mass is 416 g/mol. The summed E-state index contributed by atoms with van der Waals surface area (Å²) in [6.45, 7) is 3.96. The lowest BCUT2D eigenvalue weighted by molar-refractivity contribution is 0.0462. The van der Waals surface area contributed by atoms with Crippen LogP contribution in [0.2, 0.25) is 0 Å². The predicted octanol–water partition coefficient (Wildman–Crippen LogP) is 2.94. The molecule has 0 unspecified atom stereocenters. The first kappa shape index (κ1) is 20.0. The number of carbonyl (C=O) groups is 1. The van der Waals surface area contributed by atoms with Gasteiger partial charge in [0.05, 0.1) is 23.4 Å². The van der Waals surface area contributed by atoms with E-state index in [1.54, 1.807) is 10.9 Å². The number of carbonyl (C=O) groups excluding carboxylic acids is 1. The lowest BCUT2D eigenvalue weighted by Crippen LogP contribution is -2.49. The maximum absolute atomic E-state index is 13.4. The quantitative estimate of drug-likeness (QED) is 0.611. The minimum atomic E-state index is -0.517. The van der Waals surface area contributed by atoms with Crippen molar-refractivity contribution in [1.29, 1.82) is 0 Å². The zero-order chi connectivity index (χ0) is 21.4. The van der Waals surface area contributed by atoms with Gasteiger partial charge in [-0.3, -0.25) is 4.79 Å². The Bertz CT molecular complexity index is 1060. The molecular weight excluding hydrogens is 388 g/mol. The molecule has 0 bridgehead atoms. The number of aliphatic hydroxyl groups excluding tert-OH is 1.